The van der Waals surface area contributed by atoms with Gasteiger partial charge in [-0.3, -0.25) is 0 Å². The van der Waals surface area contributed by atoms with Crippen LogP contribution in [0.25, 0.3) is 0 Å². The van der Waals surface area contributed by atoms with Gasteiger partial charge in [0.25, 0.3) is 0 Å². The quantitative estimate of drug-likeness (QED) is 0.227. The molecule has 0 aromatic carbocycles. The molecule has 4 aromatic rings. The monoisotopic (exact) mass is 556 g/mol. The van der Waals surface area contributed by atoms with Gasteiger partial charge in [-0.1, -0.05) is 100 Å². The first-order valence-electron chi connectivity index (χ1n) is 14.3. The highest BCUT2D eigenvalue weighted by Gasteiger charge is 2.31. The summed E-state index contributed by atoms with van der Waals surface area (Å²) in [6, 6.07) is 0. The Morgan fingerprint density at radius 3 is 1.38 bits per heavy atom. The highest BCUT2D eigenvalue weighted by molar-refractivity contribution is 5.21. The maximum Gasteiger partial charge on any atom is 0.127 e. The van der Waals surface area contributed by atoms with Crippen LogP contribution in [0.4, 0.5) is 0 Å². The highest BCUT2D eigenvalue weighted by Crippen LogP contribution is 2.41. The number of hydrogen-bond acceptors (Lipinski definition) is 10. The molecule has 1 saturated carbocycles. The summed E-state index contributed by atoms with van der Waals surface area (Å²) >= 11 is 0. The molecule has 1 aliphatic carbocycles. The zero-order valence-electron chi connectivity index (χ0n) is 26.3. The number of nitrogens with zero attached hydrogens (tertiary/aromatic N) is 6. The molecule has 222 valence electrons. The van der Waals surface area contributed by atoms with Crippen LogP contribution in [-0.2, 0) is 0 Å². The number of aryl methyl sites for hydroxylation is 2. The van der Waals surface area contributed by atoms with Gasteiger partial charge in [0.15, 0.2) is 0 Å². The Morgan fingerprint density at radius 2 is 1.02 bits per heavy atom. The van der Waals surface area contributed by atoms with Crippen LogP contribution in [-0.4, -0.2) is 30.9 Å². The lowest BCUT2D eigenvalue weighted by Crippen LogP contribution is -1.95. The molecule has 0 radical (unpaired) electrons. The average molecular weight is 557 g/mol. The average Bonchev–Trinajstić information content (AvgIpc) is 3.33. The zero-order chi connectivity index (χ0) is 30.0. The van der Waals surface area contributed by atoms with Gasteiger partial charge < -0.3 is 9.05 Å². The second-order valence-corrected chi connectivity index (χ2v) is 11.8. The molecule has 0 N–H and O–H groups in total. The van der Waals surface area contributed by atoms with Crippen molar-refractivity contribution >= 4 is 0 Å². The van der Waals surface area contributed by atoms with Crippen LogP contribution in [0.1, 0.15) is 163 Å². The van der Waals surface area contributed by atoms with Gasteiger partial charge >= 0.3 is 0 Å². The minimum absolute atomic E-state index is 0.413. The van der Waals surface area contributed by atoms with Gasteiger partial charge in [-0.15, -0.1) is 0 Å². The van der Waals surface area contributed by atoms with Crippen LogP contribution in [0.3, 0.4) is 0 Å². The summed E-state index contributed by atoms with van der Waals surface area (Å²) in [5.74, 6) is 3.01. The summed E-state index contributed by atoms with van der Waals surface area (Å²) in [5.41, 5.74) is 8.53. The van der Waals surface area contributed by atoms with E-state index in [1.54, 1.807) is 12.5 Å². The van der Waals surface area contributed by atoms with Crippen LogP contribution < -0.4 is 0 Å². The Hall–Kier alpha value is -3.30. The van der Waals surface area contributed by atoms with Crippen LogP contribution in [0.15, 0.2) is 30.8 Å². The topological polar surface area (TPSA) is 130 Å². The van der Waals surface area contributed by atoms with Crippen molar-refractivity contribution < 1.29 is 18.3 Å². The van der Waals surface area contributed by atoms with Crippen molar-refractivity contribution in [3.05, 3.63) is 57.8 Å². The van der Waals surface area contributed by atoms with E-state index in [0.717, 1.165) is 34.2 Å². The molecule has 4 aromatic heterocycles. The van der Waals surface area contributed by atoms with Crippen molar-refractivity contribution in [2.45, 2.75) is 131 Å². The summed E-state index contributed by atoms with van der Waals surface area (Å²) in [4.78, 5) is 0. The molecule has 0 spiro atoms. The Morgan fingerprint density at radius 1 is 0.525 bits per heavy atom. The minimum atomic E-state index is 0.413. The predicted molar refractivity (Wildman–Crippen MR) is 153 cm³/mol. The Bertz CT molecular complexity index is 1110. The lowest BCUT2D eigenvalue weighted by molar-refractivity contribution is 0.299. The van der Waals surface area contributed by atoms with Crippen LogP contribution in [0.5, 0.6) is 0 Å². The first-order valence-corrected chi connectivity index (χ1v) is 14.3. The summed E-state index contributed by atoms with van der Waals surface area (Å²) in [6.45, 7) is 25.0. The van der Waals surface area contributed by atoms with E-state index in [-0.39, 0.29) is 0 Å². The van der Waals surface area contributed by atoms with Gasteiger partial charge in [-0.2, -0.15) is 0 Å². The van der Waals surface area contributed by atoms with E-state index in [1.807, 2.05) is 13.8 Å². The van der Waals surface area contributed by atoms with Crippen molar-refractivity contribution in [1.82, 2.24) is 30.9 Å². The fraction of sp³-hybridized carbons (Fsp3) is 0.667. The fourth-order valence-corrected chi connectivity index (χ4v) is 3.98. The van der Waals surface area contributed by atoms with E-state index in [2.05, 4.69) is 105 Å². The summed E-state index contributed by atoms with van der Waals surface area (Å²) in [5, 5.41) is 22.9. The largest absolute Gasteiger partial charge is 0.364 e. The first kappa shape index (κ1) is 32.9. The lowest BCUT2D eigenvalue weighted by atomic mass is 9.98. The van der Waals surface area contributed by atoms with Gasteiger partial charge in [0.1, 0.15) is 35.3 Å². The maximum atomic E-state index is 4.92. The number of rotatable bonds is 6. The number of hydrogen-bond donors (Lipinski definition) is 0. The van der Waals surface area contributed by atoms with Crippen molar-refractivity contribution in [3.8, 4) is 0 Å². The van der Waals surface area contributed by atoms with Gasteiger partial charge in [-0.05, 0) is 44.4 Å². The number of aromatic nitrogens is 6. The van der Waals surface area contributed by atoms with Gasteiger partial charge in [0, 0.05) is 28.9 Å². The van der Waals surface area contributed by atoms with Crippen LogP contribution in [0.2, 0.25) is 0 Å². The molecular weight excluding hydrogens is 508 g/mol. The summed E-state index contributed by atoms with van der Waals surface area (Å²) < 4.78 is 18.9. The Balaban J connectivity index is 0.000000188. The van der Waals surface area contributed by atoms with E-state index in [0.29, 0.717) is 35.5 Å². The van der Waals surface area contributed by atoms with Crippen LogP contribution in [0, 0.1) is 13.8 Å². The van der Waals surface area contributed by atoms with E-state index in [9.17, 15) is 0 Å². The summed E-state index contributed by atoms with van der Waals surface area (Å²) in [7, 11) is 0. The second-order valence-electron chi connectivity index (χ2n) is 11.8. The van der Waals surface area contributed by atoms with E-state index < -0.39 is 0 Å². The first-order chi connectivity index (χ1) is 18.8. The molecule has 10 heteroatoms. The molecule has 10 nitrogen and oxygen atoms in total. The third kappa shape index (κ3) is 9.71. The zero-order valence-corrected chi connectivity index (χ0v) is 26.3. The third-order valence-corrected chi connectivity index (χ3v) is 6.49. The molecule has 0 aliphatic heterocycles. The van der Waals surface area contributed by atoms with Crippen molar-refractivity contribution in [3.63, 3.8) is 0 Å². The molecule has 0 unspecified atom stereocenters. The fourth-order valence-electron chi connectivity index (χ4n) is 3.98. The molecule has 1 fully saturated rings. The molecule has 40 heavy (non-hydrogen) atoms. The smallest absolute Gasteiger partial charge is 0.127 e. The van der Waals surface area contributed by atoms with Crippen molar-refractivity contribution in [2.75, 3.05) is 0 Å². The normalized spacial score (nSPS) is 12.8. The van der Waals surface area contributed by atoms with E-state index in [4.69, 9.17) is 13.7 Å². The molecule has 0 atom stereocenters. The Labute approximate surface area is 238 Å². The molecule has 0 saturated heterocycles. The van der Waals surface area contributed by atoms with E-state index in [1.165, 1.54) is 24.0 Å². The second kappa shape index (κ2) is 15.5. The van der Waals surface area contributed by atoms with Gasteiger partial charge in [-0.25, -0.2) is 9.26 Å². The van der Waals surface area contributed by atoms with Gasteiger partial charge in [0.2, 0.25) is 0 Å². The van der Waals surface area contributed by atoms with E-state index >= 15 is 0 Å². The standard InChI is InChI=1S/C9H15NO.C8H12N2O.C7H11NO.C6H10N2O/c1-6(2)8-5-11-10-9(8)7(3)4;1-5(2)7-8(6-3-4-6)10-11-9-7;1-5(2)7-4-9-8-6(7)3;1-4(2)6-5(3)7-9-8-6/h5-7H,1-4H3;5-6H,3-4H2,1-2H3;4-5H,1-3H3;4H,1-3H3. The molecule has 0 amide bonds. The van der Waals surface area contributed by atoms with Gasteiger partial charge in [0.05, 0.1) is 11.4 Å². The highest BCUT2D eigenvalue weighted by atomic mass is 16.6. The molecular formula is C30H48N6O4. The maximum absolute atomic E-state index is 4.92. The summed E-state index contributed by atoms with van der Waals surface area (Å²) in [6.07, 6.45) is 5.97. The molecule has 0 bridgehead atoms. The van der Waals surface area contributed by atoms with Crippen molar-refractivity contribution in [2.24, 2.45) is 0 Å². The Kier molecular flexibility index (Phi) is 12.7. The molecule has 5 rings (SSSR count). The lowest BCUT2D eigenvalue weighted by Gasteiger charge is -2.05. The molecule has 1 aliphatic rings. The SMILES string of the molecule is CC(C)c1conc1C(C)C.CC(C)c1nonc1C1CC1.Cc1nocc1C(C)C.Cc1nonc1C(C)C. The third-order valence-electron chi connectivity index (χ3n) is 6.49. The minimum Gasteiger partial charge on any atom is -0.364 e. The predicted octanol–water partition coefficient (Wildman–Crippen LogP) is 8.60. The van der Waals surface area contributed by atoms with Crippen molar-refractivity contribution in [1.29, 1.82) is 0 Å². The van der Waals surface area contributed by atoms with Crippen LogP contribution >= 0.6 is 0 Å². The molecule has 4 heterocycles.